The second-order valence-electron chi connectivity index (χ2n) is 1.27. The summed E-state index contributed by atoms with van der Waals surface area (Å²) in [5, 5.41) is 8.80. The molecule has 2 N–H and O–H groups in total. The fraction of sp³-hybridized carbons (Fsp3) is 1.00. The van der Waals surface area contributed by atoms with Gasteiger partial charge in [-0.25, -0.2) is 0 Å². The van der Waals surface area contributed by atoms with Crippen molar-refractivity contribution >= 4 is 11.9 Å². The minimum absolute atomic E-state index is 0.317. The Morgan fingerprint density at radius 1 is 2.00 bits per heavy atom. The predicted octanol–water partition coefficient (Wildman–Crippen LogP) is -0.401. The van der Waals surface area contributed by atoms with Gasteiger partial charge in [0.15, 0.2) is 0 Å². The van der Waals surface area contributed by atoms with Crippen LogP contribution in [0.1, 0.15) is 0 Å². The third kappa shape index (κ3) is 0.668. The molecule has 0 radical (unpaired) electrons. The number of rotatable bonds is 1. The zero-order valence-electron chi connectivity index (χ0n) is 3.35. The SMILES string of the molecule is OCC1CNS1. The second-order valence-corrected chi connectivity index (χ2v) is 2.46. The van der Waals surface area contributed by atoms with Crippen molar-refractivity contribution in [2.75, 3.05) is 13.2 Å². The maximum atomic E-state index is 8.33. The smallest absolute Gasteiger partial charge is 0.0575 e. The fourth-order valence-corrected chi connectivity index (χ4v) is 0.780. The number of hydrogen-bond acceptors (Lipinski definition) is 3. The molecule has 1 aliphatic rings. The Balaban J connectivity index is 2.01. The zero-order chi connectivity index (χ0) is 4.41. The molecular weight excluding hydrogens is 98.1 g/mol. The molecule has 1 aliphatic heterocycles. The van der Waals surface area contributed by atoms with Crippen molar-refractivity contribution in [3.63, 3.8) is 0 Å². The molecule has 1 atom stereocenters. The van der Waals surface area contributed by atoms with Crippen LogP contribution >= 0.6 is 11.9 Å². The molecule has 0 aromatic rings. The van der Waals surface area contributed by atoms with Crippen LogP contribution in [0.25, 0.3) is 0 Å². The fourth-order valence-electron chi connectivity index (χ4n) is 0.303. The van der Waals surface area contributed by atoms with Crippen LogP contribution in [0.4, 0.5) is 0 Å². The molecule has 0 aromatic heterocycles. The highest BCUT2D eigenvalue weighted by atomic mass is 32.2. The summed E-state index contributed by atoms with van der Waals surface area (Å²) in [4.78, 5) is 0. The Bertz CT molecular complexity index is 43.3. The van der Waals surface area contributed by atoms with E-state index in [1.54, 1.807) is 11.9 Å². The Morgan fingerprint density at radius 2 is 2.67 bits per heavy atom. The van der Waals surface area contributed by atoms with E-state index >= 15 is 0 Å². The molecule has 1 fully saturated rings. The summed E-state index contributed by atoms with van der Waals surface area (Å²) < 4.78 is 2.97. The summed E-state index contributed by atoms with van der Waals surface area (Å²) in [7, 11) is 0. The van der Waals surface area contributed by atoms with E-state index < -0.39 is 0 Å². The van der Waals surface area contributed by atoms with Gasteiger partial charge in [-0.1, -0.05) is 11.9 Å². The predicted molar refractivity (Wildman–Crippen MR) is 26.5 cm³/mol. The van der Waals surface area contributed by atoms with E-state index in [9.17, 15) is 0 Å². The summed E-state index contributed by atoms with van der Waals surface area (Å²) in [5.74, 6) is 0. The van der Waals surface area contributed by atoms with Crippen LogP contribution in [0.5, 0.6) is 0 Å². The lowest BCUT2D eigenvalue weighted by molar-refractivity contribution is 0.289. The van der Waals surface area contributed by atoms with Crippen LogP contribution in [0, 0.1) is 0 Å². The summed E-state index contributed by atoms with van der Waals surface area (Å²) in [5.41, 5.74) is 0. The number of nitrogens with one attached hydrogen (secondary N) is 1. The third-order valence-corrected chi connectivity index (χ3v) is 1.75. The van der Waals surface area contributed by atoms with Crippen molar-refractivity contribution < 1.29 is 5.11 Å². The van der Waals surface area contributed by atoms with Gasteiger partial charge < -0.3 is 5.11 Å². The largest absolute Gasteiger partial charge is 0.395 e. The molecule has 1 unspecified atom stereocenters. The van der Waals surface area contributed by atoms with E-state index in [0.717, 1.165) is 6.54 Å². The highest BCUT2D eigenvalue weighted by Gasteiger charge is 2.14. The highest BCUT2D eigenvalue weighted by Crippen LogP contribution is 2.13. The van der Waals surface area contributed by atoms with Gasteiger partial charge in [0.05, 0.1) is 11.9 Å². The summed E-state index contributed by atoms with van der Waals surface area (Å²) in [6.07, 6.45) is 0. The Labute approximate surface area is 41.1 Å². The molecule has 36 valence electrons. The number of hydrogen-bond donors (Lipinski definition) is 2. The van der Waals surface area contributed by atoms with E-state index in [0.29, 0.717) is 11.9 Å². The molecular formula is C3H7NOS. The Morgan fingerprint density at radius 3 is 2.67 bits per heavy atom. The van der Waals surface area contributed by atoms with E-state index in [-0.39, 0.29) is 0 Å². The van der Waals surface area contributed by atoms with E-state index in [1.807, 2.05) is 0 Å². The van der Waals surface area contributed by atoms with Crippen LogP contribution in [0.2, 0.25) is 0 Å². The zero-order valence-corrected chi connectivity index (χ0v) is 4.16. The molecule has 0 aliphatic carbocycles. The van der Waals surface area contributed by atoms with Gasteiger partial charge >= 0.3 is 0 Å². The van der Waals surface area contributed by atoms with Gasteiger partial charge in [-0.3, -0.25) is 4.72 Å². The van der Waals surface area contributed by atoms with Gasteiger partial charge in [0, 0.05) is 6.54 Å². The molecule has 2 nitrogen and oxygen atoms in total. The molecule has 0 spiro atoms. The molecule has 1 heterocycles. The first-order valence-corrected chi connectivity index (χ1v) is 2.81. The molecule has 3 heteroatoms. The normalized spacial score (nSPS) is 32.5. The van der Waals surface area contributed by atoms with E-state index in [1.165, 1.54) is 0 Å². The molecule has 1 rings (SSSR count). The second kappa shape index (κ2) is 1.82. The standard InChI is InChI=1S/C3H7NOS/c5-2-3-1-4-6-3/h3-5H,1-2H2. The van der Waals surface area contributed by atoms with Gasteiger partial charge in [0.25, 0.3) is 0 Å². The monoisotopic (exact) mass is 105 g/mol. The van der Waals surface area contributed by atoms with E-state index in [4.69, 9.17) is 5.11 Å². The van der Waals surface area contributed by atoms with Gasteiger partial charge in [0.1, 0.15) is 0 Å². The summed E-state index contributed by atoms with van der Waals surface area (Å²) in [6, 6.07) is 0. The number of aliphatic hydroxyl groups excluding tert-OH is 1. The van der Waals surface area contributed by atoms with Crippen LogP contribution in [0.15, 0.2) is 0 Å². The Hall–Kier alpha value is 0.270. The van der Waals surface area contributed by atoms with Gasteiger partial charge in [-0.15, -0.1) is 0 Å². The van der Waals surface area contributed by atoms with Crippen molar-refractivity contribution in [3.8, 4) is 0 Å². The molecule has 0 bridgehead atoms. The topological polar surface area (TPSA) is 32.3 Å². The third-order valence-electron chi connectivity index (χ3n) is 0.765. The maximum absolute atomic E-state index is 8.33. The first-order valence-electron chi connectivity index (χ1n) is 1.93. The lowest BCUT2D eigenvalue weighted by Gasteiger charge is -2.22. The minimum Gasteiger partial charge on any atom is -0.395 e. The summed E-state index contributed by atoms with van der Waals surface area (Å²) >= 11 is 1.61. The molecule has 6 heavy (non-hydrogen) atoms. The van der Waals surface area contributed by atoms with Gasteiger partial charge in [-0.05, 0) is 0 Å². The van der Waals surface area contributed by atoms with Crippen LogP contribution in [-0.4, -0.2) is 23.5 Å². The van der Waals surface area contributed by atoms with Crippen LogP contribution < -0.4 is 4.72 Å². The average Bonchev–Trinajstić information content (AvgIpc) is 1.31. The average molecular weight is 105 g/mol. The minimum atomic E-state index is 0.317. The highest BCUT2D eigenvalue weighted by molar-refractivity contribution is 7.99. The van der Waals surface area contributed by atoms with Crippen molar-refractivity contribution in [1.82, 2.24) is 4.72 Å². The molecule has 0 saturated carbocycles. The molecule has 1 saturated heterocycles. The van der Waals surface area contributed by atoms with Crippen molar-refractivity contribution in [2.24, 2.45) is 0 Å². The first kappa shape index (κ1) is 4.43. The quantitative estimate of drug-likeness (QED) is 0.445. The first-order chi connectivity index (χ1) is 2.93. The number of aliphatic hydroxyl groups is 1. The Kier molecular flexibility index (Phi) is 1.34. The van der Waals surface area contributed by atoms with Gasteiger partial charge in [0.2, 0.25) is 0 Å². The lowest BCUT2D eigenvalue weighted by atomic mass is 10.4. The molecule has 0 amide bonds. The lowest BCUT2D eigenvalue weighted by Crippen LogP contribution is -2.35. The van der Waals surface area contributed by atoms with Gasteiger partial charge in [-0.2, -0.15) is 0 Å². The maximum Gasteiger partial charge on any atom is 0.0575 e. The van der Waals surface area contributed by atoms with Crippen molar-refractivity contribution in [1.29, 1.82) is 0 Å². The van der Waals surface area contributed by atoms with E-state index in [2.05, 4.69) is 4.72 Å². The summed E-state index contributed by atoms with van der Waals surface area (Å²) in [6.45, 7) is 1.29. The van der Waals surface area contributed by atoms with Crippen LogP contribution in [0.3, 0.4) is 0 Å². The van der Waals surface area contributed by atoms with Crippen molar-refractivity contribution in [3.05, 3.63) is 0 Å². The molecule has 0 aromatic carbocycles. The van der Waals surface area contributed by atoms with Crippen molar-refractivity contribution in [2.45, 2.75) is 5.25 Å². The van der Waals surface area contributed by atoms with Crippen LogP contribution in [-0.2, 0) is 0 Å².